The predicted molar refractivity (Wildman–Crippen MR) is 53.1 cm³/mol. The van der Waals surface area contributed by atoms with Crippen LogP contribution in [-0.4, -0.2) is 35.6 Å². The molecule has 1 aromatic rings. The minimum absolute atomic E-state index is 0.126. The van der Waals surface area contributed by atoms with Gasteiger partial charge in [-0.2, -0.15) is 0 Å². The Kier molecular flexibility index (Phi) is 2.75. The number of likely N-dealkylation sites (tertiary alicyclic amines) is 1. The second kappa shape index (κ2) is 4.04. The van der Waals surface area contributed by atoms with Crippen molar-refractivity contribution < 1.29 is 14.3 Å². The van der Waals surface area contributed by atoms with Crippen molar-refractivity contribution in [2.24, 2.45) is 11.7 Å². The summed E-state index contributed by atoms with van der Waals surface area (Å²) < 4.78 is 5.24. The zero-order chi connectivity index (χ0) is 10.8. The van der Waals surface area contributed by atoms with Gasteiger partial charge in [0.05, 0.1) is 6.54 Å². The summed E-state index contributed by atoms with van der Waals surface area (Å²) in [6.45, 7) is 1.64. The summed E-state index contributed by atoms with van der Waals surface area (Å²) in [5.74, 6) is 1.03. The quantitative estimate of drug-likeness (QED) is 0.724. The molecule has 0 spiro atoms. The maximum absolute atomic E-state index is 11.7. The van der Waals surface area contributed by atoms with E-state index in [2.05, 4.69) is 0 Å². The number of carbonyl (C=O) groups is 1. The van der Waals surface area contributed by atoms with Crippen molar-refractivity contribution in [2.45, 2.75) is 6.54 Å². The van der Waals surface area contributed by atoms with Crippen LogP contribution in [0.4, 0.5) is 0 Å². The fourth-order valence-corrected chi connectivity index (χ4v) is 1.61. The number of hydrogen-bond donors (Lipinski definition) is 2. The number of hydrogen-bond acceptors (Lipinski definition) is 4. The number of rotatable bonds is 3. The number of aliphatic hydroxyl groups excluding tert-OH is 1. The molecule has 1 aromatic heterocycles. The lowest BCUT2D eigenvalue weighted by atomic mass is 10.0. The van der Waals surface area contributed by atoms with Gasteiger partial charge in [0, 0.05) is 25.6 Å². The molecule has 0 atom stereocenters. The Labute approximate surface area is 87.5 Å². The minimum atomic E-state index is -0.126. The van der Waals surface area contributed by atoms with Gasteiger partial charge in [-0.15, -0.1) is 0 Å². The van der Waals surface area contributed by atoms with E-state index >= 15 is 0 Å². The van der Waals surface area contributed by atoms with Crippen molar-refractivity contribution in [2.75, 3.05) is 19.7 Å². The molecule has 1 aliphatic rings. The van der Waals surface area contributed by atoms with Crippen LogP contribution in [-0.2, 0) is 6.54 Å². The lowest BCUT2D eigenvalue weighted by Gasteiger charge is -2.37. The van der Waals surface area contributed by atoms with Crippen LogP contribution in [0.5, 0.6) is 0 Å². The zero-order valence-corrected chi connectivity index (χ0v) is 8.35. The van der Waals surface area contributed by atoms with E-state index in [1.807, 2.05) is 0 Å². The Hall–Kier alpha value is -1.33. The Morgan fingerprint density at radius 3 is 2.87 bits per heavy atom. The monoisotopic (exact) mass is 210 g/mol. The van der Waals surface area contributed by atoms with Crippen molar-refractivity contribution >= 4 is 5.91 Å². The minimum Gasteiger partial charge on any atom is -0.455 e. The van der Waals surface area contributed by atoms with Crippen molar-refractivity contribution in [3.63, 3.8) is 0 Å². The summed E-state index contributed by atoms with van der Waals surface area (Å²) in [4.78, 5) is 13.4. The molecule has 1 amide bonds. The van der Waals surface area contributed by atoms with Gasteiger partial charge >= 0.3 is 0 Å². The molecule has 82 valence electrons. The number of nitrogens with zero attached hydrogens (tertiary/aromatic N) is 1. The summed E-state index contributed by atoms with van der Waals surface area (Å²) in [6.07, 6.45) is 0. The molecular formula is C10H14N2O3. The van der Waals surface area contributed by atoms with Gasteiger partial charge in [0.25, 0.3) is 5.91 Å². The molecule has 15 heavy (non-hydrogen) atoms. The van der Waals surface area contributed by atoms with Crippen molar-refractivity contribution in [1.29, 1.82) is 0 Å². The van der Waals surface area contributed by atoms with Gasteiger partial charge in [-0.1, -0.05) is 0 Å². The third-order valence-electron chi connectivity index (χ3n) is 2.58. The van der Waals surface area contributed by atoms with E-state index in [0.717, 1.165) is 0 Å². The average Bonchev–Trinajstić information content (AvgIpc) is 2.64. The van der Waals surface area contributed by atoms with Crippen LogP contribution in [0.15, 0.2) is 16.5 Å². The fourth-order valence-electron chi connectivity index (χ4n) is 1.61. The summed E-state index contributed by atoms with van der Waals surface area (Å²) in [5.41, 5.74) is 5.38. The molecule has 2 rings (SSSR count). The van der Waals surface area contributed by atoms with Crippen LogP contribution >= 0.6 is 0 Å². The SMILES string of the molecule is NCc1ccc(C(=O)N2CC(CO)C2)o1. The molecule has 0 saturated carbocycles. The van der Waals surface area contributed by atoms with Crippen molar-refractivity contribution in [1.82, 2.24) is 4.90 Å². The molecule has 0 unspecified atom stereocenters. The highest BCUT2D eigenvalue weighted by Gasteiger charge is 2.31. The highest BCUT2D eigenvalue weighted by molar-refractivity contribution is 5.92. The number of nitrogens with two attached hydrogens (primary N) is 1. The largest absolute Gasteiger partial charge is 0.455 e. The molecule has 1 aliphatic heterocycles. The van der Waals surface area contributed by atoms with Gasteiger partial charge in [-0.3, -0.25) is 4.79 Å². The van der Waals surface area contributed by atoms with E-state index in [-0.39, 0.29) is 18.4 Å². The molecule has 3 N–H and O–H groups in total. The van der Waals surface area contributed by atoms with E-state index in [4.69, 9.17) is 15.3 Å². The lowest BCUT2D eigenvalue weighted by molar-refractivity contribution is 0.0333. The third-order valence-corrected chi connectivity index (χ3v) is 2.58. The average molecular weight is 210 g/mol. The van der Waals surface area contributed by atoms with Crippen LogP contribution in [0, 0.1) is 5.92 Å². The number of carbonyl (C=O) groups excluding carboxylic acids is 1. The van der Waals surface area contributed by atoms with Crippen LogP contribution < -0.4 is 5.73 Å². The summed E-state index contributed by atoms with van der Waals surface area (Å²) in [6, 6.07) is 3.34. The maximum Gasteiger partial charge on any atom is 0.289 e. The lowest BCUT2D eigenvalue weighted by Crippen LogP contribution is -2.51. The van der Waals surface area contributed by atoms with E-state index in [0.29, 0.717) is 31.2 Å². The Balaban J connectivity index is 1.97. The molecule has 0 radical (unpaired) electrons. The first-order chi connectivity index (χ1) is 7.24. The van der Waals surface area contributed by atoms with Crippen molar-refractivity contribution in [3.05, 3.63) is 23.7 Å². The van der Waals surface area contributed by atoms with Gasteiger partial charge in [0.15, 0.2) is 5.76 Å². The standard InChI is InChI=1S/C10H14N2O3/c11-3-8-1-2-9(15-8)10(14)12-4-7(5-12)6-13/h1-2,7,13H,3-6,11H2. The first-order valence-electron chi connectivity index (χ1n) is 4.93. The number of amides is 1. The highest BCUT2D eigenvalue weighted by Crippen LogP contribution is 2.19. The normalized spacial score (nSPS) is 16.5. The van der Waals surface area contributed by atoms with Gasteiger partial charge in [0.2, 0.25) is 0 Å². The second-order valence-corrected chi connectivity index (χ2v) is 3.73. The van der Waals surface area contributed by atoms with Crippen molar-refractivity contribution in [3.8, 4) is 0 Å². The first-order valence-corrected chi connectivity index (χ1v) is 4.93. The molecular weight excluding hydrogens is 196 g/mol. The van der Waals surface area contributed by atoms with Crippen LogP contribution in [0.3, 0.4) is 0 Å². The molecule has 0 aromatic carbocycles. The zero-order valence-electron chi connectivity index (χ0n) is 8.35. The molecule has 5 nitrogen and oxygen atoms in total. The van der Waals surface area contributed by atoms with Gasteiger partial charge < -0.3 is 20.2 Å². The third kappa shape index (κ3) is 1.88. The molecule has 1 saturated heterocycles. The van der Waals surface area contributed by atoms with Gasteiger partial charge in [0.1, 0.15) is 5.76 Å². The first kappa shape index (κ1) is 10.2. The van der Waals surface area contributed by atoms with Gasteiger partial charge in [-0.05, 0) is 12.1 Å². The summed E-state index contributed by atoms with van der Waals surface area (Å²) >= 11 is 0. The summed E-state index contributed by atoms with van der Waals surface area (Å²) in [5, 5.41) is 8.82. The summed E-state index contributed by atoms with van der Waals surface area (Å²) in [7, 11) is 0. The number of aliphatic hydroxyl groups is 1. The Morgan fingerprint density at radius 1 is 1.60 bits per heavy atom. The fraction of sp³-hybridized carbons (Fsp3) is 0.500. The molecule has 0 bridgehead atoms. The van der Waals surface area contributed by atoms with E-state index in [1.165, 1.54) is 0 Å². The number of furan rings is 1. The molecule has 0 aliphatic carbocycles. The van der Waals surface area contributed by atoms with Crippen LogP contribution in [0.1, 0.15) is 16.3 Å². The smallest absolute Gasteiger partial charge is 0.289 e. The van der Waals surface area contributed by atoms with E-state index < -0.39 is 0 Å². The van der Waals surface area contributed by atoms with Gasteiger partial charge in [-0.25, -0.2) is 0 Å². The molecule has 2 heterocycles. The molecule has 1 fully saturated rings. The Morgan fingerprint density at radius 2 is 2.33 bits per heavy atom. The highest BCUT2D eigenvalue weighted by atomic mass is 16.4. The van der Waals surface area contributed by atoms with E-state index in [9.17, 15) is 4.79 Å². The second-order valence-electron chi connectivity index (χ2n) is 3.73. The Bertz CT molecular complexity index is 355. The van der Waals surface area contributed by atoms with Crippen LogP contribution in [0.25, 0.3) is 0 Å². The maximum atomic E-state index is 11.7. The van der Waals surface area contributed by atoms with Crippen LogP contribution in [0.2, 0.25) is 0 Å². The molecule has 5 heteroatoms. The van der Waals surface area contributed by atoms with E-state index in [1.54, 1.807) is 17.0 Å². The predicted octanol–water partition coefficient (Wildman–Crippen LogP) is -0.197. The topological polar surface area (TPSA) is 79.7 Å².